The summed E-state index contributed by atoms with van der Waals surface area (Å²) < 4.78 is 17.9. The summed E-state index contributed by atoms with van der Waals surface area (Å²) in [6.07, 6.45) is 4.78. The average molecular weight is 439 g/mol. The molecule has 6 heteroatoms. The van der Waals surface area contributed by atoms with Gasteiger partial charge in [0.2, 0.25) is 5.91 Å². The molecular weight excluding hydrogens is 404 g/mol. The quantitative estimate of drug-likeness (QED) is 0.579. The molecule has 1 aliphatic heterocycles. The normalized spacial score (nSPS) is 17.6. The molecule has 2 fully saturated rings. The van der Waals surface area contributed by atoms with Crippen molar-refractivity contribution >= 4 is 11.6 Å². The molecular formula is C26H34N2O4. The van der Waals surface area contributed by atoms with Crippen molar-refractivity contribution in [2.75, 3.05) is 31.2 Å². The zero-order chi connectivity index (χ0) is 22.3. The van der Waals surface area contributed by atoms with Crippen LogP contribution in [0.3, 0.4) is 0 Å². The number of piperidine rings is 1. The maximum Gasteiger partial charge on any atom is 0.217 e. The third kappa shape index (κ3) is 6.89. The van der Waals surface area contributed by atoms with Crippen LogP contribution in [0.5, 0.6) is 17.2 Å². The summed E-state index contributed by atoms with van der Waals surface area (Å²) in [5, 5.41) is 2.86. The fourth-order valence-corrected chi connectivity index (χ4v) is 3.94. The lowest BCUT2D eigenvalue weighted by molar-refractivity contribution is -0.120. The molecule has 0 bridgehead atoms. The van der Waals surface area contributed by atoms with Crippen molar-refractivity contribution < 1.29 is 19.0 Å². The smallest absolute Gasteiger partial charge is 0.217 e. The molecule has 6 nitrogen and oxygen atoms in total. The number of hydrogen-bond donors (Lipinski definition) is 1. The molecule has 1 saturated heterocycles. The van der Waals surface area contributed by atoms with Crippen molar-refractivity contribution in [1.82, 2.24) is 5.32 Å². The number of rotatable bonds is 10. The summed E-state index contributed by atoms with van der Waals surface area (Å²) in [6, 6.07) is 16.2. The van der Waals surface area contributed by atoms with Crippen LogP contribution in [-0.2, 0) is 9.53 Å². The lowest BCUT2D eigenvalue weighted by atomic mass is 10.1. The number of nitrogens with zero attached hydrogens (tertiary/aromatic N) is 1. The molecule has 1 heterocycles. The highest BCUT2D eigenvalue weighted by molar-refractivity contribution is 5.73. The number of hydrogen-bond acceptors (Lipinski definition) is 5. The molecule has 2 aromatic rings. The van der Waals surface area contributed by atoms with Gasteiger partial charge in [-0.2, -0.15) is 0 Å². The Labute approximate surface area is 190 Å². The van der Waals surface area contributed by atoms with E-state index < -0.39 is 0 Å². The molecule has 0 spiro atoms. The second-order valence-corrected chi connectivity index (χ2v) is 8.95. The van der Waals surface area contributed by atoms with E-state index in [9.17, 15) is 4.79 Å². The standard InChI is InChI=1S/C26H34N2O4/c1-19(27-20(2)29)17-30-23-12-14-28(15-13-23)22-8-10-24(11-9-22)32-26-5-3-4-25(16-26)31-18-21-6-7-21/h3-5,8-11,16,19,21,23H,6-7,12-15,17-18H2,1-2H3,(H,27,29)/t19-/m0/s1. The van der Waals surface area contributed by atoms with E-state index in [0.717, 1.165) is 55.7 Å². The zero-order valence-electron chi connectivity index (χ0n) is 19.1. The number of anilines is 1. The van der Waals surface area contributed by atoms with Crippen LogP contribution in [0.25, 0.3) is 0 Å². The van der Waals surface area contributed by atoms with Crippen LogP contribution >= 0.6 is 0 Å². The van der Waals surface area contributed by atoms with Gasteiger partial charge in [-0.3, -0.25) is 4.79 Å². The molecule has 1 N–H and O–H groups in total. The lowest BCUT2D eigenvalue weighted by Gasteiger charge is -2.34. The molecule has 2 aliphatic rings. The highest BCUT2D eigenvalue weighted by Gasteiger charge is 2.22. The molecule has 4 rings (SSSR count). The van der Waals surface area contributed by atoms with Crippen molar-refractivity contribution in [2.45, 2.75) is 51.7 Å². The van der Waals surface area contributed by atoms with E-state index in [1.165, 1.54) is 25.5 Å². The van der Waals surface area contributed by atoms with Crippen LogP contribution in [0.2, 0.25) is 0 Å². The van der Waals surface area contributed by atoms with Gasteiger partial charge in [0, 0.05) is 37.8 Å². The van der Waals surface area contributed by atoms with Gasteiger partial charge in [-0.25, -0.2) is 0 Å². The Hall–Kier alpha value is -2.73. The van der Waals surface area contributed by atoms with E-state index >= 15 is 0 Å². The van der Waals surface area contributed by atoms with Gasteiger partial charge in [0.15, 0.2) is 0 Å². The largest absolute Gasteiger partial charge is 0.493 e. The Balaban J connectivity index is 1.23. The summed E-state index contributed by atoms with van der Waals surface area (Å²) >= 11 is 0. The third-order valence-electron chi connectivity index (χ3n) is 5.90. The molecule has 32 heavy (non-hydrogen) atoms. The van der Waals surface area contributed by atoms with Crippen LogP contribution in [0.4, 0.5) is 5.69 Å². The number of nitrogens with one attached hydrogen (secondary N) is 1. The predicted molar refractivity (Wildman–Crippen MR) is 126 cm³/mol. The molecule has 0 unspecified atom stereocenters. The van der Waals surface area contributed by atoms with Crippen LogP contribution in [0.15, 0.2) is 48.5 Å². The molecule has 1 atom stereocenters. The minimum Gasteiger partial charge on any atom is -0.493 e. The Kier molecular flexibility index (Phi) is 7.53. The zero-order valence-corrected chi connectivity index (χ0v) is 19.1. The Morgan fingerprint density at radius 3 is 2.44 bits per heavy atom. The molecule has 1 aliphatic carbocycles. The fraction of sp³-hybridized carbons (Fsp3) is 0.500. The second-order valence-electron chi connectivity index (χ2n) is 8.95. The molecule has 1 saturated carbocycles. The van der Waals surface area contributed by atoms with E-state index in [-0.39, 0.29) is 18.1 Å². The molecule has 0 radical (unpaired) electrons. The van der Waals surface area contributed by atoms with E-state index in [2.05, 4.69) is 22.3 Å². The maximum absolute atomic E-state index is 11.1. The first-order chi connectivity index (χ1) is 15.5. The van der Waals surface area contributed by atoms with E-state index in [4.69, 9.17) is 14.2 Å². The number of ether oxygens (including phenoxy) is 3. The first-order valence-corrected chi connectivity index (χ1v) is 11.7. The van der Waals surface area contributed by atoms with Crippen molar-refractivity contribution in [3.8, 4) is 17.2 Å². The average Bonchev–Trinajstić information content (AvgIpc) is 3.62. The van der Waals surface area contributed by atoms with E-state index in [1.807, 2.05) is 43.3 Å². The van der Waals surface area contributed by atoms with Gasteiger partial charge in [0.25, 0.3) is 0 Å². The fourth-order valence-electron chi connectivity index (χ4n) is 3.94. The van der Waals surface area contributed by atoms with Crippen LogP contribution in [-0.4, -0.2) is 44.4 Å². The summed E-state index contributed by atoms with van der Waals surface area (Å²) in [6.45, 7) is 6.78. The van der Waals surface area contributed by atoms with Crippen LogP contribution < -0.4 is 19.7 Å². The first kappa shape index (κ1) is 22.5. The van der Waals surface area contributed by atoms with Gasteiger partial charge in [-0.05, 0) is 74.9 Å². The van der Waals surface area contributed by atoms with Gasteiger partial charge in [0.1, 0.15) is 17.2 Å². The van der Waals surface area contributed by atoms with Gasteiger partial charge in [0.05, 0.1) is 19.3 Å². The van der Waals surface area contributed by atoms with E-state index in [0.29, 0.717) is 6.61 Å². The Morgan fingerprint density at radius 1 is 1.03 bits per heavy atom. The number of carbonyl (C=O) groups is 1. The summed E-state index contributed by atoms with van der Waals surface area (Å²) in [4.78, 5) is 13.5. The monoisotopic (exact) mass is 438 g/mol. The maximum atomic E-state index is 11.1. The highest BCUT2D eigenvalue weighted by atomic mass is 16.5. The summed E-state index contributed by atoms with van der Waals surface area (Å²) in [7, 11) is 0. The first-order valence-electron chi connectivity index (χ1n) is 11.7. The van der Waals surface area contributed by atoms with E-state index in [1.54, 1.807) is 0 Å². The Bertz CT molecular complexity index is 874. The van der Waals surface area contributed by atoms with Crippen molar-refractivity contribution in [3.63, 3.8) is 0 Å². The van der Waals surface area contributed by atoms with Crippen LogP contribution in [0.1, 0.15) is 39.5 Å². The predicted octanol–water partition coefficient (Wildman–Crippen LogP) is 4.78. The molecule has 0 aromatic heterocycles. The minimum absolute atomic E-state index is 0.0158. The van der Waals surface area contributed by atoms with Crippen LogP contribution in [0, 0.1) is 5.92 Å². The van der Waals surface area contributed by atoms with Crippen molar-refractivity contribution in [1.29, 1.82) is 0 Å². The van der Waals surface area contributed by atoms with Crippen molar-refractivity contribution in [3.05, 3.63) is 48.5 Å². The van der Waals surface area contributed by atoms with Gasteiger partial charge in [-0.1, -0.05) is 6.07 Å². The topological polar surface area (TPSA) is 60.0 Å². The van der Waals surface area contributed by atoms with Gasteiger partial charge < -0.3 is 24.4 Å². The second kappa shape index (κ2) is 10.7. The minimum atomic E-state index is -0.0158. The number of benzene rings is 2. The lowest BCUT2D eigenvalue weighted by Crippen LogP contribution is -2.40. The number of carbonyl (C=O) groups excluding carboxylic acids is 1. The van der Waals surface area contributed by atoms with Gasteiger partial charge in [-0.15, -0.1) is 0 Å². The Morgan fingerprint density at radius 2 is 1.75 bits per heavy atom. The van der Waals surface area contributed by atoms with Crippen molar-refractivity contribution in [2.24, 2.45) is 5.92 Å². The number of amides is 1. The molecule has 1 amide bonds. The highest BCUT2D eigenvalue weighted by Crippen LogP contribution is 2.31. The molecule has 172 valence electrons. The SMILES string of the molecule is CC(=O)N[C@@H](C)COC1CCN(c2ccc(Oc3cccc(OCC4CC4)c3)cc2)CC1. The summed E-state index contributed by atoms with van der Waals surface area (Å²) in [5.41, 5.74) is 1.20. The van der Waals surface area contributed by atoms with Gasteiger partial charge >= 0.3 is 0 Å². The third-order valence-corrected chi connectivity index (χ3v) is 5.90. The molecule has 2 aromatic carbocycles. The summed E-state index contributed by atoms with van der Waals surface area (Å²) in [5.74, 6) is 3.19.